The summed E-state index contributed by atoms with van der Waals surface area (Å²) in [6, 6.07) is 21.1. The SMILES string of the molecule is Cc1ccc2nc(-c3ccc(N4C(=O)CC(N(Cc5cccnc5)C(=O)c5ccccc5F)C4=O)cc3)sc2c1. The Kier molecular flexibility index (Phi) is 6.65. The molecule has 3 aromatic carbocycles. The van der Waals surface area contributed by atoms with E-state index in [9.17, 15) is 18.8 Å². The Hall–Kier alpha value is -4.76. The molecule has 3 heterocycles. The average molecular weight is 551 g/mol. The molecule has 0 spiro atoms. The molecule has 7 nitrogen and oxygen atoms in total. The van der Waals surface area contributed by atoms with Gasteiger partial charge in [0.15, 0.2) is 0 Å². The minimum absolute atomic E-state index is 0.00540. The normalized spacial score (nSPS) is 15.2. The number of nitrogens with zero attached hydrogens (tertiary/aromatic N) is 4. The summed E-state index contributed by atoms with van der Waals surface area (Å²) >= 11 is 1.57. The second-order valence-electron chi connectivity index (χ2n) is 9.60. The number of benzene rings is 3. The van der Waals surface area contributed by atoms with Crippen LogP contribution in [0.5, 0.6) is 0 Å². The molecule has 1 saturated heterocycles. The topological polar surface area (TPSA) is 83.5 Å². The quantitative estimate of drug-likeness (QED) is 0.250. The van der Waals surface area contributed by atoms with E-state index >= 15 is 0 Å². The van der Waals surface area contributed by atoms with Crippen LogP contribution in [0.2, 0.25) is 0 Å². The minimum Gasteiger partial charge on any atom is -0.322 e. The Bertz CT molecular complexity index is 1750. The fourth-order valence-electron chi connectivity index (χ4n) is 4.84. The van der Waals surface area contributed by atoms with Crippen LogP contribution in [0.3, 0.4) is 0 Å². The van der Waals surface area contributed by atoms with Crippen LogP contribution in [-0.4, -0.2) is 38.6 Å². The number of aryl methyl sites for hydroxylation is 1. The molecule has 0 radical (unpaired) electrons. The van der Waals surface area contributed by atoms with Crippen molar-refractivity contribution in [2.24, 2.45) is 0 Å². The first-order valence-corrected chi connectivity index (χ1v) is 13.5. The van der Waals surface area contributed by atoms with E-state index in [0.717, 1.165) is 31.3 Å². The van der Waals surface area contributed by atoms with E-state index in [0.29, 0.717) is 11.3 Å². The van der Waals surface area contributed by atoms with Crippen LogP contribution < -0.4 is 4.90 Å². The number of pyridine rings is 1. The number of hydrogen-bond acceptors (Lipinski definition) is 6. The molecule has 198 valence electrons. The number of carbonyl (C=O) groups excluding carboxylic acids is 3. The molecule has 1 unspecified atom stereocenters. The van der Waals surface area contributed by atoms with Crippen LogP contribution in [0.1, 0.15) is 27.9 Å². The summed E-state index contributed by atoms with van der Waals surface area (Å²) < 4.78 is 15.7. The molecular formula is C31H23FN4O3S. The first-order valence-electron chi connectivity index (χ1n) is 12.7. The number of imide groups is 1. The average Bonchev–Trinajstić information content (AvgIpc) is 3.51. The van der Waals surface area contributed by atoms with Gasteiger partial charge < -0.3 is 4.90 Å². The van der Waals surface area contributed by atoms with Crippen molar-refractivity contribution in [1.29, 1.82) is 0 Å². The fourth-order valence-corrected chi connectivity index (χ4v) is 5.91. The Morgan fingerprint density at radius 2 is 1.85 bits per heavy atom. The Balaban J connectivity index is 1.29. The summed E-state index contributed by atoms with van der Waals surface area (Å²) in [6.07, 6.45) is 2.96. The number of hydrogen-bond donors (Lipinski definition) is 0. The molecule has 40 heavy (non-hydrogen) atoms. The van der Waals surface area contributed by atoms with Crippen LogP contribution >= 0.6 is 11.3 Å². The lowest BCUT2D eigenvalue weighted by molar-refractivity contribution is -0.122. The maximum absolute atomic E-state index is 14.6. The Morgan fingerprint density at radius 1 is 1.05 bits per heavy atom. The van der Waals surface area contributed by atoms with Crippen LogP contribution in [0.25, 0.3) is 20.8 Å². The second-order valence-corrected chi connectivity index (χ2v) is 10.6. The second kappa shape index (κ2) is 10.4. The van der Waals surface area contributed by atoms with Crippen LogP contribution in [0.15, 0.2) is 91.3 Å². The fraction of sp³-hybridized carbons (Fsp3) is 0.129. The molecule has 0 saturated carbocycles. The smallest absolute Gasteiger partial charge is 0.257 e. The first kappa shape index (κ1) is 25.5. The summed E-state index contributed by atoms with van der Waals surface area (Å²) in [5, 5.41) is 0.835. The zero-order valence-electron chi connectivity index (χ0n) is 21.5. The van der Waals surface area contributed by atoms with Gasteiger partial charge in [-0.05, 0) is 72.6 Å². The van der Waals surface area contributed by atoms with Gasteiger partial charge in [0, 0.05) is 24.5 Å². The van der Waals surface area contributed by atoms with Crippen molar-refractivity contribution >= 4 is 45.0 Å². The highest BCUT2D eigenvalue weighted by Crippen LogP contribution is 2.33. The molecule has 6 rings (SSSR count). The molecule has 5 aromatic rings. The van der Waals surface area contributed by atoms with Gasteiger partial charge in [0.2, 0.25) is 5.91 Å². The highest BCUT2D eigenvalue weighted by Gasteiger charge is 2.45. The van der Waals surface area contributed by atoms with E-state index < -0.39 is 29.6 Å². The molecule has 1 aliphatic heterocycles. The highest BCUT2D eigenvalue weighted by molar-refractivity contribution is 7.21. The van der Waals surface area contributed by atoms with E-state index in [1.165, 1.54) is 23.1 Å². The molecule has 0 aliphatic carbocycles. The number of anilines is 1. The summed E-state index contributed by atoms with van der Waals surface area (Å²) in [6.45, 7) is 2.03. The molecule has 0 N–H and O–H groups in total. The molecule has 2 aromatic heterocycles. The molecule has 0 bridgehead atoms. The molecule has 1 atom stereocenters. The van der Waals surface area contributed by atoms with Gasteiger partial charge in [-0.3, -0.25) is 19.4 Å². The number of rotatable bonds is 6. The van der Waals surface area contributed by atoms with Crippen molar-refractivity contribution in [1.82, 2.24) is 14.9 Å². The third-order valence-corrected chi connectivity index (χ3v) is 7.92. The maximum Gasteiger partial charge on any atom is 0.257 e. The van der Waals surface area contributed by atoms with Gasteiger partial charge in [-0.2, -0.15) is 0 Å². The largest absolute Gasteiger partial charge is 0.322 e. The summed E-state index contributed by atoms with van der Waals surface area (Å²) in [5.41, 5.74) is 3.83. The number of carbonyl (C=O) groups is 3. The van der Waals surface area contributed by atoms with E-state index in [1.54, 1.807) is 54.1 Å². The van der Waals surface area contributed by atoms with Crippen molar-refractivity contribution in [2.45, 2.75) is 25.9 Å². The lowest BCUT2D eigenvalue weighted by atomic mass is 10.1. The predicted molar refractivity (Wildman–Crippen MR) is 151 cm³/mol. The monoisotopic (exact) mass is 550 g/mol. The van der Waals surface area contributed by atoms with Gasteiger partial charge in [0.05, 0.1) is 27.9 Å². The molecule has 1 fully saturated rings. The third kappa shape index (κ3) is 4.76. The van der Waals surface area contributed by atoms with Crippen molar-refractivity contribution in [3.63, 3.8) is 0 Å². The van der Waals surface area contributed by atoms with E-state index in [1.807, 2.05) is 31.2 Å². The number of halogens is 1. The van der Waals surface area contributed by atoms with Gasteiger partial charge >= 0.3 is 0 Å². The van der Waals surface area contributed by atoms with Crippen molar-refractivity contribution < 1.29 is 18.8 Å². The standard InChI is InChI=1S/C31H23FN4O3S/c1-19-8-13-25-27(15-19)40-29(34-25)21-9-11-22(12-10-21)36-28(37)16-26(31(36)39)35(18-20-5-4-14-33-17-20)30(38)23-6-2-3-7-24(23)32/h2-15,17,26H,16,18H2,1H3. The van der Waals surface area contributed by atoms with Gasteiger partial charge in [-0.1, -0.05) is 24.3 Å². The van der Waals surface area contributed by atoms with E-state index in [4.69, 9.17) is 4.98 Å². The maximum atomic E-state index is 14.6. The van der Waals surface area contributed by atoms with Gasteiger partial charge in [0.25, 0.3) is 11.8 Å². The lowest BCUT2D eigenvalue weighted by Crippen LogP contribution is -2.45. The van der Waals surface area contributed by atoms with Gasteiger partial charge in [-0.15, -0.1) is 11.3 Å². The summed E-state index contributed by atoms with van der Waals surface area (Å²) in [4.78, 5) is 51.5. The van der Waals surface area contributed by atoms with Crippen molar-refractivity contribution in [3.8, 4) is 10.6 Å². The van der Waals surface area contributed by atoms with Gasteiger partial charge in [-0.25, -0.2) is 14.3 Å². The molecule has 1 aliphatic rings. The number of fused-ring (bicyclic) bond motifs is 1. The van der Waals surface area contributed by atoms with Gasteiger partial charge in [0.1, 0.15) is 16.9 Å². The number of amides is 3. The van der Waals surface area contributed by atoms with Crippen LogP contribution in [-0.2, 0) is 16.1 Å². The number of thiazole rings is 1. The molecule has 9 heteroatoms. The molecule has 3 amide bonds. The number of aromatic nitrogens is 2. The third-order valence-electron chi connectivity index (χ3n) is 6.86. The summed E-state index contributed by atoms with van der Waals surface area (Å²) in [5.74, 6) is -2.34. The zero-order valence-corrected chi connectivity index (χ0v) is 22.3. The predicted octanol–water partition coefficient (Wildman–Crippen LogP) is 5.78. The minimum atomic E-state index is -1.09. The first-order chi connectivity index (χ1) is 19.4. The highest BCUT2D eigenvalue weighted by atomic mass is 32.1. The lowest BCUT2D eigenvalue weighted by Gasteiger charge is -2.28. The van der Waals surface area contributed by atoms with Crippen molar-refractivity contribution in [2.75, 3.05) is 4.90 Å². The van der Waals surface area contributed by atoms with E-state index in [2.05, 4.69) is 11.1 Å². The van der Waals surface area contributed by atoms with Crippen LogP contribution in [0, 0.1) is 12.7 Å². The van der Waals surface area contributed by atoms with E-state index in [-0.39, 0.29) is 18.5 Å². The summed E-state index contributed by atoms with van der Waals surface area (Å²) in [7, 11) is 0. The van der Waals surface area contributed by atoms with Crippen molar-refractivity contribution in [3.05, 3.63) is 114 Å². The van der Waals surface area contributed by atoms with Crippen LogP contribution in [0.4, 0.5) is 10.1 Å². The zero-order chi connectivity index (χ0) is 27.8. The molecular weight excluding hydrogens is 527 g/mol. The Labute approximate surface area is 233 Å². The Morgan fingerprint density at radius 3 is 2.60 bits per heavy atom.